The molecule has 0 radical (unpaired) electrons. The van der Waals surface area contributed by atoms with Crippen LogP contribution in [-0.4, -0.2) is 68.5 Å². The van der Waals surface area contributed by atoms with Gasteiger partial charge < -0.3 is 15.5 Å². The number of halogens is 1. The maximum absolute atomic E-state index is 12.3. The van der Waals surface area contributed by atoms with Crippen LogP contribution in [-0.2, 0) is 24.4 Å². The molecule has 10 nitrogen and oxygen atoms in total. The zero-order valence-corrected chi connectivity index (χ0v) is 17.9. The highest BCUT2D eigenvalue weighted by molar-refractivity contribution is 7.88. The number of anilines is 1. The van der Waals surface area contributed by atoms with Crippen LogP contribution in [0.15, 0.2) is 18.3 Å². The Labute approximate surface area is 174 Å². The predicted molar refractivity (Wildman–Crippen MR) is 108 cm³/mol. The Morgan fingerprint density at radius 1 is 1.14 bits per heavy atom. The van der Waals surface area contributed by atoms with E-state index in [1.165, 1.54) is 23.2 Å². The standard InChI is InChI=1S/C17H24ClN5O5S/c1-23(2)17(26)10-4-6-12(13(8-10)22-29(3,27)28)20-15(24)16(25)21-14-7-5-11(18)9-19-14/h5,7,9-10,12-13,22H,4,6,8H2,1-3H3,(H,20,24)(H,19,21,25)/t10-,12-,13+/m0/s1. The molecule has 1 saturated carbocycles. The molecule has 1 aliphatic rings. The van der Waals surface area contributed by atoms with Gasteiger partial charge >= 0.3 is 11.8 Å². The van der Waals surface area contributed by atoms with Gasteiger partial charge in [0.25, 0.3) is 0 Å². The number of hydrogen-bond donors (Lipinski definition) is 3. The molecule has 0 aromatic carbocycles. The number of sulfonamides is 1. The van der Waals surface area contributed by atoms with Crippen LogP contribution in [0.1, 0.15) is 19.3 Å². The summed E-state index contributed by atoms with van der Waals surface area (Å²) in [7, 11) is -0.325. The lowest BCUT2D eigenvalue weighted by atomic mass is 9.82. The third kappa shape index (κ3) is 6.94. The number of carbonyl (C=O) groups excluding carboxylic acids is 3. The molecule has 1 aromatic heterocycles. The second-order valence-electron chi connectivity index (χ2n) is 7.13. The van der Waals surface area contributed by atoms with Crippen LogP contribution in [0.25, 0.3) is 0 Å². The number of aromatic nitrogens is 1. The molecular formula is C17H24ClN5O5S. The SMILES string of the molecule is CN(C)C(=O)[C@H]1CC[C@H](NC(=O)C(=O)Nc2ccc(Cl)cn2)[C@H](NS(C)(=O)=O)C1. The van der Waals surface area contributed by atoms with Gasteiger partial charge in [-0.05, 0) is 31.4 Å². The Hall–Kier alpha value is -2.24. The van der Waals surface area contributed by atoms with Gasteiger partial charge in [0.1, 0.15) is 5.82 Å². The minimum atomic E-state index is -3.58. The maximum Gasteiger partial charge on any atom is 0.314 e. The summed E-state index contributed by atoms with van der Waals surface area (Å²) >= 11 is 5.72. The van der Waals surface area contributed by atoms with E-state index in [4.69, 9.17) is 11.6 Å². The summed E-state index contributed by atoms with van der Waals surface area (Å²) in [5.41, 5.74) is 0. The molecule has 0 bridgehead atoms. The molecule has 0 aliphatic heterocycles. The summed E-state index contributed by atoms with van der Waals surface area (Å²) in [6, 6.07) is 1.61. The van der Waals surface area contributed by atoms with Crippen LogP contribution in [0.2, 0.25) is 5.02 Å². The molecule has 1 aromatic rings. The molecule has 3 N–H and O–H groups in total. The van der Waals surface area contributed by atoms with Crippen molar-refractivity contribution in [3.63, 3.8) is 0 Å². The average molecular weight is 446 g/mol. The highest BCUT2D eigenvalue weighted by Gasteiger charge is 2.37. The van der Waals surface area contributed by atoms with Crippen molar-refractivity contribution >= 4 is 45.2 Å². The lowest BCUT2D eigenvalue weighted by Crippen LogP contribution is -2.57. The first-order valence-electron chi connectivity index (χ1n) is 8.88. The average Bonchev–Trinajstić information content (AvgIpc) is 2.63. The Morgan fingerprint density at radius 2 is 1.83 bits per heavy atom. The molecule has 29 heavy (non-hydrogen) atoms. The van der Waals surface area contributed by atoms with Crippen molar-refractivity contribution in [2.75, 3.05) is 25.7 Å². The van der Waals surface area contributed by atoms with Crippen molar-refractivity contribution in [1.82, 2.24) is 19.9 Å². The summed E-state index contributed by atoms with van der Waals surface area (Å²) in [5, 5.41) is 5.28. The number of nitrogens with one attached hydrogen (secondary N) is 3. The van der Waals surface area contributed by atoms with Gasteiger partial charge in [-0.2, -0.15) is 0 Å². The van der Waals surface area contributed by atoms with Crippen LogP contribution in [0.3, 0.4) is 0 Å². The number of rotatable bonds is 5. The quantitative estimate of drug-likeness (QED) is 0.544. The van der Waals surface area contributed by atoms with Crippen LogP contribution in [0, 0.1) is 5.92 Å². The number of carbonyl (C=O) groups is 3. The van der Waals surface area contributed by atoms with Gasteiger partial charge in [-0.15, -0.1) is 0 Å². The summed E-state index contributed by atoms with van der Waals surface area (Å²) in [6.07, 6.45) is 3.35. The van der Waals surface area contributed by atoms with E-state index in [2.05, 4.69) is 20.3 Å². The molecule has 0 unspecified atom stereocenters. The summed E-state index contributed by atoms with van der Waals surface area (Å²) in [5.74, 6) is -2.19. The molecule has 12 heteroatoms. The van der Waals surface area contributed by atoms with Crippen molar-refractivity contribution < 1.29 is 22.8 Å². The lowest BCUT2D eigenvalue weighted by molar-refractivity contribution is -0.137. The van der Waals surface area contributed by atoms with E-state index < -0.39 is 33.9 Å². The van der Waals surface area contributed by atoms with Crippen LogP contribution >= 0.6 is 11.6 Å². The molecule has 3 amide bonds. The van der Waals surface area contributed by atoms with Crippen molar-refractivity contribution in [2.24, 2.45) is 5.92 Å². The second kappa shape index (κ2) is 9.51. The van der Waals surface area contributed by atoms with Crippen LogP contribution in [0.5, 0.6) is 0 Å². The Morgan fingerprint density at radius 3 is 2.38 bits per heavy atom. The monoisotopic (exact) mass is 445 g/mol. The largest absolute Gasteiger partial charge is 0.349 e. The van der Waals surface area contributed by atoms with Gasteiger partial charge in [-0.1, -0.05) is 11.6 Å². The molecule has 0 saturated heterocycles. The fraction of sp³-hybridized carbons (Fsp3) is 0.529. The normalized spacial score (nSPS) is 21.9. The summed E-state index contributed by atoms with van der Waals surface area (Å²) < 4.78 is 25.9. The second-order valence-corrected chi connectivity index (χ2v) is 9.35. The number of hydrogen-bond acceptors (Lipinski definition) is 6. The van der Waals surface area contributed by atoms with Crippen molar-refractivity contribution in [3.8, 4) is 0 Å². The van der Waals surface area contributed by atoms with E-state index in [9.17, 15) is 22.8 Å². The van der Waals surface area contributed by atoms with Crippen LogP contribution < -0.4 is 15.4 Å². The molecule has 160 valence electrons. The number of nitrogens with zero attached hydrogens (tertiary/aromatic N) is 2. The minimum Gasteiger partial charge on any atom is -0.349 e. The first kappa shape index (κ1) is 23.0. The lowest BCUT2D eigenvalue weighted by Gasteiger charge is -2.36. The van der Waals surface area contributed by atoms with E-state index in [0.29, 0.717) is 17.9 Å². The molecule has 1 fully saturated rings. The zero-order chi connectivity index (χ0) is 21.8. The molecule has 1 heterocycles. The fourth-order valence-electron chi connectivity index (χ4n) is 3.19. The molecule has 2 rings (SSSR count). The summed E-state index contributed by atoms with van der Waals surface area (Å²) in [6.45, 7) is 0. The van der Waals surface area contributed by atoms with E-state index >= 15 is 0 Å². The zero-order valence-electron chi connectivity index (χ0n) is 16.3. The first-order chi connectivity index (χ1) is 13.5. The Bertz CT molecular complexity index is 875. The molecule has 1 aliphatic carbocycles. The van der Waals surface area contributed by atoms with Crippen molar-refractivity contribution in [3.05, 3.63) is 23.4 Å². The van der Waals surface area contributed by atoms with Crippen molar-refractivity contribution in [2.45, 2.75) is 31.3 Å². The predicted octanol–water partition coefficient (Wildman–Crippen LogP) is -0.0356. The third-order valence-electron chi connectivity index (χ3n) is 4.50. The van der Waals surface area contributed by atoms with Gasteiger partial charge in [-0.3, -0.25) is 14.4 Å². The Balaban J connectivity index is 2.05. The van der Waals surface area contributed by atoms with Gasteiger partial charge in [-0.25, -0.2) is 18.1 Å². The van der Waals surface area contributed by atoms with Crippen LogP contribution in [0.4, 0.5) is 5.82 Å². The van der Waals surface area contributed by atoms with Gasteiger partial charge in [0.05, 0.1) is 11.3 Å². The Kier molecular flexibility index (Phi) is 7.55. The fourth-order valence-corrected chi connectivity index (χ4v) is 4.12. The van der Waals surface area contributed by atoms with Crippen molar-refractivity contribution in [1.29, 1.82) is 0 Å². The van der Waals surface area contributed by atoms with E-state index in [-0.39, 0.29) is 24.1 Å². The van der Waals surface area contributed by atoms with Gasteiger partial charge in [0.2, 0.25) is 15.9 Å². The van der Waals surface area contributed by atoms with Gasteiger partial charge in [0.15, 0.2) is 0 Å². The van der Waals surface area contributed by atoms with E-state index in [0.717, 1.165) is 6.26 Å². The minimum absolute atomic E-state index is 0.110. The number of amides is 3. The highest BCUT2D eigenvalue weighted by atomic mass is 35.5. The first-order valence-corrected chi connectivity index (χ1v) is 11.1. The van der Waals surface area contributed by atoms with Gasteiger partial charge in [0, 0.05) is 38.3 Å². The van der Waals surface area contributed by atoms with E-state index in [1.807, 2.05) is 0 Å². The molecule has 3 atom stereocenters. The molecule has 0 spiro atoms. The summed E-state index contributed by atoms with van der Waals surface area (Å²) in [4.78, 5) is 42.0. The topological polar surface area (TPSA) is 138 Å². The molecular weight excluding hydrogens is 422 g/mol. The highest BCUT2D eigenvalue weighted by Crippen LogP contribution is 2.26. The number of pyridine rings is 1. The van der Waals surface area contributed by atoms with E-state index in [1.54, 1.807) is 14.1 Å². The maximum atomic E-state index is 12.3. The smallest absolute Gasteiger partial charge is 0.314 e. The third-order valence-corrected chi connectivity index (χ3v) is 5.45.